The Morgan fingerprint density at radius 3 is 2.67 bits per heavy atom. The van der Waals surface area contributed by atoms with E-state index in [0.29, 0.717) is 18.0 Å². The molecule has 2 aromatic rings. The van der Waals surface area contributed by atoms with Crippen LogP contribution in [0, 0.1) is 19.7 Å². The minimum atomic E-state index is -0.921. The summed E-state index contributed by atoms with van der Waals surface area (Å²) >= 11 is 0. The van der Waals surface area contributed by atoms with E-state index in [4.69, 9.17) is 9.63 Å². The summed E-state index contributed by atoms with van der Waals surface area (Å²) in [4.78, 5) is 12.5. The van der Waals surface area contributed by atoms with E-state index in [9.17, 15) is 9.18 Å². The number of nitrogens with zero attached hydrogens (tertiary/aromatic N) is 2. The van der Waals surface area contributed by atoms with Crippen molar-refractivity contribution in [2.45, 2.75) is 26.8 Å². The van der Waals surface area contributed by atoms with Crippen LogP contribution in [-0.2, 0) is 11.3 Å². The van der Waals surface area contributed by atoms with Gasteiger partial charge in [0.05, 0.1) is 17.8 Å². The highest BCUT2D eigenvalue weighted by Gasteiger charge is 2.17. The van der Waals surface area contributed by atoms with Gasteiger partial charge < -0.3 is 14.5 Å². The Bertz CT molecular complexity index is 620. The lowest BCUT2D eigenvalue weighted by molar-refractivity contribution is -0.136. The second-order valence-electron chi connectivity index (χ2n) is 4.82. The van der Waals surface area contributed by atoms with E-state index in [0.717, 1.165) is 11.3 Å². The van der Waals surface area contributed by atoms with Crippen LogP contribution in [0.5, 0.6) is 0 Å². The normalized spacial score (nSPS) is 10.6. The molecule has 0 radical (unpaired) electrons. The number of hydrogen-bond donors (Lipinski definition) is 1. The topological polar surface area (TPSA) is 66.6 Å². The van der Waals surface area contributed by atoms with Crippen LogP contribution in [0.15, 0.2) is 28.8 Å². The van der Waals surface area contributed by atoms with Crippen molar-refractivity contribution in [3.8, 4) is 0 Å². The Morgan fingerprint density at radius 2 is 2.10 bits per heavy atom. The van der Waals surface area contributed by atoms with Gasteiger partial charge in [-0.15, -0.1) is 0 Å². The molecule has 21 heavy (non-hydrogen) atoms. The molecule has 1 heterocycles. The molecule has 1 N–H and O–H groups in total. The third-order valence-electron chi connectivity index (χ3n) is 3.32. The van der Waals surface area contributed by atoms with Gasteiger partial charge in [-0.2, -0.15) is 0 Å². The van der Waals surface area contributed by atoms with Gasteiger partial charge in [0.1, 0.15) is 11.6 Å². The van der Waals surface area contributed by atoms with Gasteiger partial charge in [-0.3, -0.25) is 4.79 Å². The van der Waals surface area contributed by atoms with Crippen molar-refractivity contribution in [2.75, 3.05) is 11.4 Å². The minimum absolute atomic E-state index is 0.0717. The van der Waals surface area contributed by atoms with E-state index >= 15 is 0 Å². The van der Waals surface area contributed by atoms with Crippen molar-refractivity contribution in [3.05, 3.63) is 47.1 Å². The van der Waals surface area contributed by atoms with Crippen LogP contribution in [0.4, 0.5) is 10.1 Å². The number of halogens is 1. The lowest BCUT2D eigenvalue weighted by Crippen LogP contribution is -2.27. The second-order valence-corrected chi connectivity index (χ2v) is 4.82. The molecule has 1 aromatic heterocycles. The van der Waals surface area contributed by atoms with Crippen LogP contribution in [0.2, 0.25) is 0 Å². The standard InChI is InChI=1S/C15H17FN2O3/c1-10-12(11(2)21-17-10)9-18(8-7-15(19)20)14-6-4-3-5-13(14)16/h3-6H,7-9H2,1-2H3,(H,19,20). The monoisotopic (exact) mass is 292 g/mol. The van der Waals surface area contributed by atoms with Crippen molar-refractivity contribution in [1.29, 1.82) is 0 Å². The molecule has 0 amide bonds. The number of para-hydroxylation sites is 1. The molecule has 0 aliphatic rings. The zero-order valence-corrected chi connectivity index (χ0v) is 12.0. The largest absolute Gasteiger partial charge is 0.481 e. The molecular formula is C15H17FN2O3. The highest BCUT2D eigenvalue weighted by Crippen LogP contribution is 2.23. The molecule has 0 bridgehead atoms. The molecule has 0 aliphatic heterocycles. The maximum absolute atomic E-state index is 14.0. The number of anilines is 1. The Hall–Kier alpha value is -2.37. The van der Waals surface area contributed by atoms with Gasteiger partial charge in [-0.05, 0) is 26.0 Å². The first-order chi connectivity index (χ1) is 9.99. The van der Waals surface area contributed by atoms with E-state index in [2.05, 4.69) is 5.16 Å². The molecule has 0 unspecified atom stereocenters. The fraction of sp³-hybridized carbons (Fsp3) is 0.333. The third-order valence-corrected chi connectivity index (χ3v) is 3.32. The molecule has 0 atom stereocenters. The van der Waals surface area contributed by atoms with E-state index < -0.39 is 5.97 Å². The Labute approximate surface area is 122 Å². The number of aliphatic carboxylic acids is 1. The summed E-state index contributed by atoms with van der Waals surface area (Å²) < 4.78 is 19.1. The lowest BCUT2D eigenvalue weighted by Gasteiger charge is -2.24. The Morgan fingerprint density at radius 1 is 1.38 bits per heavy atom. The summed E-state index contributed by atoms with van der Waals surface area (Å²) in [5.41, 5.74) is 1.95. The number of aryl methyl sites for hydroxylation is 2. The van der Waals surface area contributed by atoms with Gasteiger partial charge in [-0.1, -0.05) is 17.3 Å². The van der Waals surface area contributed by atoms with Gasteiger partial charge in [0.2, 0.25) is 0 Å². The van der Waals surface area contributed by atoms with E-state index in [1.807, 2.05) is 6.92 Å². The summed E-state index contributed by atoms with van der Waals surface area (Å²) in [6, 6.07) is 6.31. The molecule has 0 saturated carbocycles. The summed E-state index contributed by atoms with van der Waals surface area (Å²) in [5.74, 6) is -0.645. The zero-order valence-electron chi connectivity index (χ0n) is 12.0. The smallest absolute Gasteiger partial charge is 0.305 e. The van der Waals surface area contributed by atoms with Crippen LogP contribution in [0.25, 0.3) is 0 Å². The van der Waals surface area contributed by atoms with Crippen molar-refractivity contribution < 1.29 is 18.8 Å². The predicted molar refractivity (Wildman–Crippen MR) is 75.7 cm³/mol. The molecule has 0 fully saturated rings. The van der Waals surface area contributed by atoms with E-state index in [1.165, 1.54) is 6.07 Å². The molecule has 112 valence electrons. The van der Waals surface area contributed by atoms with E-state index in [1.54, 1.807) is 30.0 Å². The van der Waals surface area contributed by atoms with Crippen LogP contribution in [0.1, 0.15) is 23.4 Å². The first-order valence-electron chi connectivity index (χ1n) is 6.62. The lowest BCUT2D eigenvalue weighted by atomic mass is 10.1. The fourth-order valence-electron chi connectivity index (χ4n) is 2.14. The van der Waals surface area contributed by atoms with Crippen molar-refractivity contribution in [1.82, 2.24) is 5.16 Å². The molecule has 0 aliphatic carbocycles. The number of benzene rings is 1. The average molecular weight is 292 g/mol. The Balaban J connectivity index is 2.28. The number of carbonyl (C=O) groups is 1. The molecule has 6 heteroatoms. The number of hydrogen-bond acceptors (Lipinski definition) is 4. The molecule has 1 aromatic carbocycles. The molecule has 0 saturated heterocycles. The van der Waals surface area contributed by atoms with Gasteiger partial charge in [0.25, 0.3) is 0 Å². The SMILES string of the molecule is Cc1noc(C)c1CN(CCC(=O)O)c1ccccc1F. The van der Waals surface area contributed by atoms with Crippen molar-refractivity contribution in [3.63, 3.8) is 0 Å². The Kier molecular flexibility index (Phi) is 4.57. The first kappa shape index (κ1) is 15.0. The maximum atomic E-state index is 14.0. The average Bonchev–Trinajstić information content (AvgIpc) is 2.75. The third kappa shape index (κ3) is 3.59. The van der Waals surface area contributed by atoms with Crippen LogP contribution in [0.3, 0.4) is 0 Å². The van der Waals surface area contributed by atoms with E-state index in [-0.39, 0.29) is 18.8 Å². The quantitative estimate of drug-likeness (QED) is 0.886. The summed E-state index contributed by atoms with van der Waals surface area (Å²) in [7, 11) is 0. The zero-order chi connectivity index (χ0) is 15.4. The second kappa shape index (κ2) is 6.39. The predicted octanol–water partition coefficient (Wildman–Crippen LogP) is 2.91. The summed E-state index contributed by atoms with van der Waals surface area (Å²) in [6.45, 7) is 4.16. The number of rotatable bonds is 6. The van der Waals surface area contributed by atoms with Gasteiger partial charge in [0.15, 0.2) is 0 Å². The highest BCUT2D eigenvalue weighted by atomic mass is 19.1. The number of carboxylic acid groups (broad SMARTS) is 1. The fourth-order valence-corrected chi connectivity index (χ4v) is 2.14. The number of aromatic nitrogens is 1. The van der Waals surface area contributed by atoms with Crippen LogP contribution in [-0.4, -0.2) is 22.8 Å². The molecule has 2 rings (SSSR count). The first-order valence-corrected chi connectivity index (χ1v) is 6.62. The van der Waals surface area contributed by atoms with Gasteiger partial charge >= 0.3 is 5.97 Å². The highest BCUT2D eigenvalue weighted by molar-refractivity contribution is 5.67. The van der Waals surface area contributed by atoms with Crippen molar-refractivity contribution >= 4 is 11.7 Å². The van der Waals surface area contributed by atoms with Crippen LogP contribution >= 0.6 is 0 Å². The minimum Gasteiger partial charge on any atom is -0.481 e. The summed E-state index contributed by atoms with van der Waals surface area (Å²) in [6.07, 6.45) is -0.0717. The molecule has 0 spiro atoms. The van der Waals surface area contributed by atoms with Gasteiger partial charge in [0, 0.05) is 18.7 Å². The van der Waals surface area contributed by atoms with Gasteiger partial charge in [-0.25, -0.2) is 4.39 Å². The molecule has 5 nitrogen and oxygen atoms in total. The number of carboxylic acids is 1. The van der Waals surface area contributed by atoms with Crippen LogP contribution < -0.4 is 4.90 Å². The maximum Gasteiger partial charge on any atom is 0.305 e. The van der Waals surface area contributed by atoms with Crippen molar-refractivity contribution in [2.24, 2.45) is 0 Å². The summed E-state index contributed by atoms with van der Waals surface area (Å²) in [5, 5.41) is 12.7. The molecular weight excluding hydrogens is 275 g/mol.